The van der Waals surface area contributed by atoms with Crippen molar-refractivity contribution in [3.63, 3.8) is 0 Å². The standard InChI is InChI=1S/C12H19NO2S2/c1-3-6-12(2,15)9-13-10(14)8-17-11-5-4-7-16-11/h4-5,7,15H,3,6,8-9H2,1-2H3,(H,13,14). The van der Waals surface area contributed by atoms with Crippen molar-refractivity contribution < 1.29 is 9.90 Å². The fourth-order valence-electron chi connectivity index (χ4n) is 1.45. The topological polar surface area (TPSA) is 49.3 Å². The quantitative estimate of drug-likeness (QED) is 0.751. The van der Waals surface area contributed by atoms with Crippen molar-refractivity contribution in [2.45, 2.75) is 36.5 Å². The second kappa shape index (κ2) is 7.03. The minimum Gasteiger partial charge on any atom is -0.388 e. The summed E-state index contributed by atoms with van der Waals surface area (Å²) < 4.78 is 1.14. The average Bonchev–Trinajstić information content (AvgIpc) is 2.76. The van der Waals surface area contributed by atoms with Crippen LogP contribution in [-0.4, -0.2) is 28.9 Å². The highest BCUT2D eigenvalue weighted by molar-refractivity contribution is 8.01. The maximum atomic E-state index is 11.6. The molecule has 5 heteroatoms. The van der Waals surface area contributed by atoms with Gasteiger partial charge in [-0.1, -0.05) is 19.4 Å². The normalized spacial score (nSPS) is 14.3. The van der Waals surface area contributed by atoms with Gasteiger partial charge < -0.3 is 10.4 Å². The van der Waals surface area contributed by atoms with E-state index in [1.165, 1.54) is 11.8 Å². The smallest absolute Gasteiger partial charge is 0.230 e. The van der Waals surface area contributed by atoms with E-state index in [0.717, 1.165) is 10.6 Å². The summed E-state index contributed by atoms with van der Waals surface area (Å²) in [5, 5.41) is 14.7. The molecule has 96 valence electrons. The molecule has 1 atom stereocenters. The lowest BCUT2D eigenvalue weighted by molar-refractivity contribution is -0.119. The van der Waals surface area contributed by atoms with Crippen molar-refractivity contribution in [1.29, 1.82) is 0 Å². The highest BCUT2D eigenvalue weighted by atomic mass is 32.2. The molecule has 0 saturated carbocycles. The van der Waals surface area contributed by atoms with Gasteiger partial charge in [-0.25, -0.2) is 0 Å². The first-order chi connectivity index (χ1) is 8.03. The lowest BCUT2D eigenvalue weighted by Gasteiger charge is -2.22. The van der Waals surface area contributed by atoms with Crippen LogP contribution in [0.25, 0.3) is 0 Å². The van der Waals surface area contributed by atoms with Crippen molar-refractivity contribution >= 4 is 29.0 Å². The van der Waals surface area contributed by atoms with Crippen molar-refractivity contribution in [2.24, 2.45) is 0 Å². The zero-order valence-corrected chi connectivity index (χ0v) is 11.9. The Morgan fingerprint density at radius 1 is 1.65 bits per heavy atom. The Bertz CT molecular complexity index is 336. The Balaban J connectivity index is 2.21. The largest absolute Gasteiger partial charge is 0.388 e. The third-order valence-electron chi connectivity index (χ3n) is 2.30. The van der Waals surface area contributed by atoms with E-state index in [1.807, 2.05) is 24.4 Å². The minimum absolute atomic E-state index is 0.0280. The third-order valence-corrected chi connectivity index (χ3v) is 4.43. The van der Waals surface area contributed by atoms with E-state index in [2.05, 4.69) is 5.32 Å². The van der Waals surface area contributed by atoms with Gasteiger partial charge in [0.25, 0.3) is 0 Å². The van der Waals surface area contributed by atoms with Gasteiger partial charge >= 0.3 is 0 Å². The van der Waals surface area contributed by atoms with Gasteiger partial charge in [0, 0.05) is 6.54 Å². The lowest BCUT2D eigenvalue weighted by atomic mass is 10.0. The Hall–Kier alpha value is -0.520. The third kappa shape index (κ3) is 6.10. The highest BCUT2D eigenvalue weighted by Gasteiger charge is 2.19. The molecule has 2 N–H and O–H groups in total. The maximum Gasteiger partial charge on any atom is 0.230 e. The predicted molar refractivity (Wildman–Crippen MR) is 73.6 cm³/mol. The molecule has 1 rings (SSSR count). The number of carbonyl (C=O) groups is 1. The average molecular weight is 273 g/mol. The van der Waals surface area contributed by atoms with Crippen molar-refractivity contribution in [2.75, 3.05) is 12.3 Å². The maximum absolute atomic E-state index is 11.6. The molecule has 0 radical (unpaired) electrons. The molecule has 1 aromatic heterocycles. The Morgan fingerprint density at radius 2 is 2.41 bits per heavy atom. The molecule has 0 fully saturated rings. The second-order valence-corrected chi connectivity index (χ2v) is 6.47. The summed E-state index contributed by atoms with van der Waals surface area (Å²) in [5.74, 6) is 0.377. The van der Waals surface area contributed by atoms with Crippen LogP contribution in [0.4, 0.5) is 0 Å². The van der Waals surface area contributed by atoms with Crippen LogP contribution < -0.4 is 5.32 Å². The van der Waals surface area contributed by atoms with Crippen LogP contribution in [-0.2, 0) is 4.79 Å². The molecule has 0 bridgehead atoms. The summed E-state index contributed by atoms with van der Waals surface area (Å²) in [6.07, 6.45) is 1.61. The van der Waals surface area contributed by atoms with Gasteiger partial charge in [0.2, 0.25) is 5.91 Å². The van der Waals surface area contributed by atoms with E-state index in [-0.39, 0.29) is 5.91 Å². The summed E-state index contributed by atoms with van der Waals surface area (Å²) in [6, 6.07) is 3.97. The molecular weight excluding hydrogens is 254 g/mol. The summed E-state index contributed by atoms with van der Waals surface area (Å²) in [4.78, 5) is 11.6. The number of amides is 1. The van der Waals surface area contributed by atoms with E-state index >= 15 is 0 Å². The van der Waals surface area contributed by atoms with Crippen LogP contribution in [0, 0.1) is 0 Å². The fourth-order valence-corrected chi connectivity index (χ4v) is 3.06. The van der Waals surface area contributed by atoms with Crippen LogP contribution in [0.1, 0.15) is 26.7 Å². The minimum atomic E-state index is -0.794. The fraction of sp³-hybridized carbons (Fsp3) is 0.583. The van der Waals surface area contributed by atoms with Gasteiger partial charge in [0.05, 0.1) is 15.6 Å². The van der Waals surface area contributed by atoms with E-state index < -0.39 is 5.60 Å². The summed E-state index contributed by atoms with van der Waals surface area (Å²) in [7, 11) is 0. The van der Waals surface area contributed by atoms with E-state index in [0.29, 0.717) is 18.7 Å². The van der Waals surface area contributed by atoms with Crippen LogP contribution in [0.5, 0.6) is 0 Å². The molecule has 1 amide bonds. The first-order valence-electron chi connectivity index (χ1n) is 5.69. The van der Waals surface area contributed by atoms with Gasteiger partial charge in [-0.15, -0.1) is 23.1 Å². The summed E-state index contributed by atoms with van der Waals surface area (Å²) >= 11 is 3.15. The van der Waals surface area contributed by atoms with Crippen LogP contribution >= 0.6 is 23.1 Å². The number of hydrogen-bond donors (Lipinski definition) is 2. The van der Waals surface area contributed by atoms with Crippen molar-refractivity contribution in [3.05, 3.63) is 17.5 Å². The number of thiophene rings is 1. The molecule has 17 heavy (non-hydrogen) atoms. The van der Waals surface area contributed by atoms with Crippen LogP contribution in [0.15, 0.2) is 21.7 Å². The van der Waals surface area contributed by atoms with Crippen LogP contribution in [0.3, 0.4) is 0 Å². The van der Waals surface area contributed by atoms with Gasteiger partial charge in [-0.3, -0.25) is 4.79 Å². The number of carbonyl (C=O) groups excluding carboxylic acids is 1. The molecule has 1 aromatic rings. The van der Waals surface area contributed by atoms with Crippen LogP contribution in [0.2, 0.25) is 0 Å². The van der Waals surface area contributed by atoms with Crippen molar-refractivity contribution in [3.8, 4) is 0 Å². The lowest BCUT2D eigenvalue weighted by Crippen LogP contribution is -2.41. The summed E-state index contributed by atoms with van der Waals surface area (Å²) in [6.45, 7) is 4.09. The highest BCUT2D eigenvalue weighted by Crippen LogP contribution is 2.22. The molecule has 1 unspecified atom stereocenters. The Kier molecular flexibility index (Phi) is 6.02. The van der Waals surface area contributed by atoms with E-state index in [9.17, 15) is 9.90 Å². The zero-order chi connectivity index (χ0) is 12.7. The number of aliphatic hydroxyl groups is 1. The summed E-state index contributed by atoms with van der Waals surface area (Å²) in [5.41, 5.74) is -0.794. The first kappa shape index (κ1) is 14.5. The predicted octanol–water partition coefficient (Wildman–Crippen LogP) is 2.51. The van der Waals surface area contributed by atoms with E-state index in [4.69, 9.17) is 0 Å². The Morgan fingerprint density at radius 3 is 3.00 bits per heavy atom. The SMILES string of the molecule is CCCC(C)(O)CNC(=O)CSc1cccs1. The molecule has 0 saturated heterocycles. The first-order valence-corrected chi connectivity index (χ1v) is 7.55. The molecule has 0 aliphatic heterocycles. The molecule has 0 spiro atoms. The van der Waals surface area contributed by atoms with Gasteiger partial charge in [-0.05, 0) is 24.8 Å². The van der Waals surface area contributed by atoms with E-state index in [1.54, 1.807) is 18.3 Å². The monoisotopic (exact) mass is 273 g/mol. The molecule has 3 nitrogen and oxygen atoms in total. The molecular formula is C12H19NO2S2. The number of rotatable bonds is 7. The molecule has 0 aliphatic rings. The molecule has 0 aromatic carbocycles. The number of hydrogen-bond acceptors (Lipinski definition) is 4. The molecule has 0 aliphatic carbocycles. The number of thioether (sulfide) groups is 1. The zero-order valence-electron chi connectivity index (χ0n) is 10.2. The molecule has 1 heterocycles. The number of nitrogens with one attached hydrogen (secondary N) is 1. The Labute approximate surface area is 111 Å². The second-order valence-electron chi connectivity index (χ2n) is 4.24. The van der Waals surface area contributed by atoms with Crippen molar-refractivity contribution in [1.82, 2.24) is 5.32 Å². The van der Waals surface area contributed by atoms with Gasteiger partial charge in [0.1, 0.15) is 0 Å². The van der Waals surface area contributed by atoms with Gasteiger partial charge in [0.15, 0.2) is 0 Å². The van der Waals surface area contributed by atoms with Gasteiger partial charge in [-0.2, -0.15) is 0 Å².